The predicted octanol–water partition coefficient (Wildman–Crippen LogP) is 5.77. The molecule has 3 aliphatic heterocycles. The van der Waals surface area contributed by atoms with E-state index >= 15 is 0 Å². The van der Waals surface area contributed by atoms with E-state index in [1.165, 1.54) is 4.90 Å². The van der Waals surface area contributed by atoms with Gasteiger partial charge < -0.3 is 4.90 Å². The van der Waals surface area contributed by atoms with Crippen LogP contribution in [0.1, 0.15) is 15.9 Å². The normalized spacial score (nSPS) is 23.8. The van der Waals surface area contributed by atoms with Crippen LogP contribution in [0, 0.1) is 11.8 Å². The zero-order valence-corrected chi connectivity index (χ0v) is 20.4. The van der Waals surface area contributed by atoms with Gasteiger partial charge in [0.15, 0.2) is 5.78 Å². The predicted molar refractivity (Wildman–Crippen MR) is 145 cm³/mol. The summed E-state index contributed by atoms with van der Waals surface area (Å²) in [4.78, 5) is 45.2. The lowest BCUT2D eigenvalue weighted by Gasteiger charge is -2.37. The maximum Gasteiger partial charge on any atom is 0.240 e. The molecule has 0 bridgehead atoms. The van der Waals surface area contributed by atoms with E-state index in [4.69, 9.17) is 11.6 Å². The number of hydrogen-bond donors (Lipinski definition) is 0. The highest BCUT2D eigenvalue weighted by Crippen LogP contribution is 2.50. The number of hydrogen-bond acceptors (Lipinski definition) is 4. The average Bonchev–Trinajstić information content (AvgIpc) is 3.41. The number of halogens is 1. The minimum Gasteiger partial charge on any atom is -0.352 e. The number of rotatable bonds is 3. The van der Waals surface area contributed by atoms with Crippen LogP contribution in [0.2, 0.25) is 5.02 Å². The molecule has 0 aromatic heterocycles. The molecule has 7 rings (SSSR count). The smallest absolute Gasteiger partial charge is 0.240 e. The molecule has 6 heteroatoms. The van der Waals surface area contributed by atoms with Crippen LogP contribution in [-0.4, -0.2) is 29.7 Å². The number of amides is 2. The molecule has 0 saturated carbocycles. The van der Waals surface area contributed by atoms with Gasteiger partial charge in [-0.2, -0.15) is 0 Å². The largest absolute Gasteiger partial charge is 0.352 e. The van der Waals surface area contributed by atoms with Crippen molar-refractivity contribution in [2.75, 3.05) is 9.80 Å². The number of fused-ring (bicyclic) bond motifs is 7. The minimum atomic E-state index is -0.809. The van der Waals surface area contributed by atoms with Gasteiger partial charge in [0.05, 0.1) is 23.6 Å². The van der Waals surface area contributed by atoms with Crippen molar-refractivity contribution in [1.82, 2.24) is 0 Å². The zero-order valence-electron chi connectivity index (χ0n) is 19.6. The second-order valence-electron chi connectivity index (χ2n) is 9.69. The van der Waals surface area contributed by atoms with E-state index in [0.717, 1.165) is 22.0 Å². The summed E-state index contributed by atoms with van der Waals surface area (Å²) < 4.78 is 0. The Kier molecular flexibility index (Phi) is 4.85. The minimum absolute atomic E-state index is 0.161. The second kappa shape index (κ2) is 8.15. The highest BCUT2D eigenvalue weighted by molar-refractivity contribution is 6.31. The SMILES string of the molecule is O=C(c1ccccc1)[C@@H]1[C@@H]2C(=O)N(c3ccc(Cl)cc3)C(=O)[C@H]2[C@H]2C=Cc3c(ccc4ccccc34)N21. The van der Waals surface area contributed by atoms with Gasteiger partial charge in [-0.05, 0) is 41.1 Å². The molecule has 2 saturated heterocycles. The van der Waals surface area contributed by atoms with Gasteiger partial charge in [-0.1, -0.05) is 84.4 Å². The molecule has 0 spiro atoms. The molecular weight excluding hydrogens is 484 g/mol. The summed E-state index contributed by atoms with van der Waals surface area (Å²) in [7, 11) is 0. The summed E-state index contributed by atoms with van der Waals surface area (Å²) in [5.41, 5.74) is 2.86. The number of anilines is 2. The fraction of sp³-hybridized carbons (Fsp3) is 0.129. The molecule has 2 amide bonds. The molecular formula is C31H21ClN2O3. The van der Waals surface area contributed by atoms with Crippen molar-refractivity contribution in [2.45, 2.75) is 12.1 Å². The van der Waals surface area contributed by atoms with Crippen molar-refractivity contribution in [1.29, 1.82) is 0 Å². The Morgan fingerprint density at radius 2 is 1.46 bits per heavy atom. The van der Waals surface area contributed by atoms with Crippen LogP contribution < -0.4 is 9.80 Å². The molecule has 3 aliphatic rings. The van der Waals surface area contributed by atoms with Crippen LogP contribution in [-0.2, 0) is 9.59 Å². The molecule has 0 radical (unpaired) electrons. The Bertz CT molecular complexity index is 1630. The molecule has 5 nitrogen and oxygen atoms in total. The molecule has 4 aromatic carbocycles. The third-order valence-corrected chi connectivity index (χ3v) is 8.08. The first kappa shape index (κ1) is 22.0. The zero-order chi connectivity index (χ0) is 25.3. The van der Waals surface area contributed by atoms with E-state index in [1.54, 1.807) is 36.4 Å². The quantitative estimate of drug-likeness (QED) is 0.263. The van der Waals surface area contributed by atoms with Crippen molar-refractivity contribution in [3.8, 4) is 0 Å². The number of Topliss-reactive ketones (excluding diaryl/α,β-unsaturated/α-hetero) is 1. The molecule has 2 fully saturated rings. The van der Waals surface area contributed by atoms with E-state index < -0.39 is 23.9 Å². The third-order valence-electron chi connectivity index (χ3n) is 7.82. The molecule has 0 unspecified atom stereocenters. The first-order valence-electron chi connectivity index (χ1n) is 12.3. The lowest BCUT2D eigenvalue weighted by atomic mass is 9.86. The van der Waals surface area contributed by atoms with Crippen LogP contribution in [0.3, 0.4) is 0 Å². The van der Waals surface area contributed by atoms with Crippen LogP contribution in [0.5, 0.6) is 0 Å². The van der Waals surface area contributed by atoms with Gasteiger partial charge >= 0.3 is 0 Å². The van der Waals surface area contributed by atoms with Gasteiger partial charge in [0.25, 0.3) is 0 Å². The lowest BCUT2D eigenvalue weighted by molar-refractivity contribution is -0.122. The summed E-state index contributed by atoms with van der Waals surface area (Å²) >= 11 is 6.05. The number of benzene rings is 4. The standard InChI is InChI=1S/C31H21ClN2O3/c32-20-11-13-21(14-12-20)33-30(36)26-25-17-15-23-22-9-5-4-6-18(22)10-16-24(23)34(25)28(27(26)31(33)37)29(35)19-7-2-1-3-8-19/h1-17,25-28H/t25-,26+,27-,28+/m1/s1. The molecule has 4 atom stereocenters. The van der Waals surface area contributed by atoms with Gasteiger partial charge in [0.2, 0.25) is 11.8 Å². The molecule has 0 aliphatic carbocycles. The number of nitrogens with zero attached hydrogens (tertiary/aromatic N) is 2. The number of carbonyl (C=O) groups is 3. The first-order chi connectivity index (χ1) is 18.0. The van der Waals surface area contributed by atoms with Crippen molar-refractivity contribution in [3.05, 3.63) is 113 Å². The fourth-order valence-corrected chi connectivity index (χ4v) is 6.37. The second-order valence-corrected chi connectivity index (χ2v) is 10.1. The summed E-state index contributed by atoms with van der Waals surface area (Å²) in [6, 6.07) is 26.6. The third kappa shape index (κ3) is 3.14. The highest BCUT2D eigenvalue weighted by atomic mass is 35.5. The van der Waals surface area contributed by atoms with E-state index in [0.29, 0.717) is 16.3 Å². The summed E-state index contributed by atoms with van der Waals surface area (Å²) in [6.45, 7) is 0. The highest BCUT2D eigenvalue weighted by Gasteiger charge is 2.64. The number of carbonyl (C=O) groups excluding carboxylic acids is 3. The van der Waals surface area contributed by atoms with Crippen molar-refractivity contribution < 1.29 is 14.4 Å². The molecule has 37 heavy (non-hydrogen) atoms. The van der Waals surface area contributed by atoms with Gasteiger partial charge in [-0.15, -0.1) is 0 Å². The maximum absolute atomic E-state index is 14.1. The van der Waals surface area contributed by atoms with E-state index in [1.807, 2.05) is 59.5 Å². The van der Waals surface area contributed by atoms with E-state index in [9.17, 15) is 14.4 Å². The van der Waals surface area contributed by atoms with Gasteiger partial charge in [0, 0.05) is 21.8 Å². The Balaban J connectivity index is 1.40. The van der Waals surface area contributed by atoms with Gasteiger partial charge in [-0.3, -0.25) is 14.4 Å². The topological polar surface area (TPSA) is 57.7 Å². The molecule has 0 N–H and O–H groups in total. The molecule has 180 valence electrons. The maximum atomic E-state index is 14.1. The Morgan fingerprint density at radius 1 is 0.757 bits per heavy atom. The summed E-state index contributed by atoms with van der Waals surface area (Å²) in [6.07, 6.45) is 4.02. The van der Waals surface area contributed by atoms with E-state index in [-0.39, 0.29) is 17.6 Å². The van der Waals surface area contributed by atoms with Crippen LogP contribution in [0.25, 0.3) is 16.8 Å². The summed E-state index contributed by atoms with van der Waals surface area (Å²) in [5, 5.41) is 2.68. The van der Waals surface area contributed by atoms with Crippen LogP contribution in [0.15, 0.2) is 97.1 Å². The average molecular weight is 505 g/mol. The van der Waals surface area contributed by atoms with Crippen molar-refractivity contribution >= 4 is 57.4 Å². The van der Waals surface area contributed by atoms with Crippen LogP contribution in [0.4, 0.5) is 11.4 Å². The Hall–Kier alpha value is -4.22. The van der Waals surface area contributed by atoms with Crippen molar-refractivity contribution in [2.24, 2.45) is 11.8 Å². The Morgan fingerprint density at radius 3 is 2.24 bits per heavy atom. The molecule has 4 aromatic rings. The lowest BCUT2D eigenvalue weighted by Crippen LogP contribution is -2.48. The number of imide groups is 1. The summed E-state index contributed by atoms with van der Waals surface area (Å²) in [5.74, 6) is -2.27. The fourth-order valence-electron chi connectivity index (χ4n) is 6.24. The van der Waals surface area contributed by atoms with Gasteiger partial charge in [0.1, 0.15) is 6.04 Å². The van der Waals surface area contributed by atoms with E-state index in [2.05, 4.69) is 12.1 Å². The monoisotopic (exact) mass is 504 g/mol. The molecule has 3 heterocycles. The first-order valence-corrected chi connectivity index (χ1v) is 12.6. The Labute approximate surface area is 218 Å². The van der Waals surface area contributed by atoms with Crippen LogP contribution >= 0.6 is 11.6 Å². The number of ketones is 1. The van der Waals surface area contributed by atoms with Crippen molar-refractivity contribution in [3.63, 3.8) is 0 Å². The van der Waals surface area contributed by atoms with Gasteiger partial charge in [-0.25, -0.2) is 4.90 Å².